The van der Waals surface area contributed by atoms with Crippen LogP contribution in [0.3, 0.4) is 0 Å². The molecule has 4 rings (SSSR count). The number of hydrogen-bond acceptors (Lipinski definition) is 6. The molecule has 0 aliphatic heterocycles. The van der Waals surface area contributed by atoms with E-state index in [-0.39, 0.29) is 17.6 Å². The van der Waals surface area contributed by atoms with E-state index in [1.165, 1.54) is 44.7 Å². The van der Waals surface area contributed by atoms with E-state index in [2.05, 4.69) is 20.0 Å². The first kappa shape index (κ1) is 17.2. The van der Waals surface area contributed by atoms with E-state index in [1.54, 1.807) is 6.92 Å². The highest BCUT2D eigenvalue weighted by Crippen LogP contribution is 2.31. The molecule has 1 amide bonds. The fraction of sp³-hybridized carbons (Fsp3) is 0.684. The molecule has 0 spiro atoms. The fourth-order valence-electron chi connectivity index (χ4n) is 4.33. The second-order valence-electron chi connectivity index (χ2n) is 7.46. The maximum absolute atomic E-state index is 13.3. The van der Waals surface area contributed by atoms with Gasteiger partial charge in [-0.1, -0.05) is 43.7 Å². The van der Waals surface area contributed by atoms with Gasteiger partial charge in [-0.25, -0.2) is 4.98 Å². The van der Waals surface area contributed by atoms with Crippen LogP contribution in [-0.2, 0) is 0 Å². The molecule has 0 N–H and O–H groups in total. The Balaban J connectivity index is 1.58. The zero-order valence-electron chi connectivity index (χ0n) is 15.3. The Morgan fingerprint density at radius 1 is 1.04 bits per heavy atom. The number of aromatic nitrogens is 3. The third-order valence-corrected chi connectivity index (χ3v) is 5.62. The van der Waals surface area contributed by atoms with Gasteiger partial charge in [-0.05, 0) is 25.7 Å². The summed E-state index contributed by atoms with van der Waals surface area (Å²) in [6.45, 7) is 1.75. The summed E-state index contributed by atoms with van der Waals surface area (Å²) in [5.41, 5.74) is 0. The average Bonchev–Trinajstić information content (AvgIpc) is 3.33. The smallest absolute Gasteiger partial charge is 0.295 e. The summed E-state index contributed by atoms with van der Waals surface area (Å²) >= 11 is 0. The van der Waals surface area contributed by atoms with Crippen LogP contribution in [0.1, 0.15) is 80.7 Å². The number of oxazole rings is 1. The van der Waals surface area contributed by atoms with Crippen LogP contribution in [0.2, 0.25) is 0 Å². The Hall–Kier alpha value is -2.18. The number of hydrogen-bond donors (Lipinski definition) is 0. The van der Waals surface area contributed by atoms with Crippen molar-refractivity contribution in [2.75, 3.05) is 0 Å². The number of nitrogens with zero attached hydrogens (tertiary/aromatic N) is 4. The summed E-state index contributed by atoms with van der Waals surface area (Å²) in [6, 6.07) is 0.600. The molecule has 0 unspecified atom stereocenters. The lowest BCUT2D eigenvalue weighted by Gasteiger charge is -2.41. The standard InChI is InChI=1S/C19H26N4O3/c1-13-20-12-16(25-13)18-21-17(22-26-18)19(24)23(14-8-4-2-5-9-14)15-10-6-3-7-11-15/h12,14-15H,2-11H2,1H3. The Morgan fingerprint density at radius 3 is 2.19 bits per heavy atom. The van der Waals surface area contributed by atoms with Crippen molar-refractivity contribution in [2.24, 2.45) is 0 Å². The minimum Gasteiger partial charge on any atom is -0.436 e. The van der Waals surface area contributed by atoms with Crippen molar-refractivity contribution >= 4 is 5.91 Å². The lowest BCUT2D eigenvalue weighted by molar-refractivity contribution is 0.0433. The lowest BCUT2D eigenvalue weighted by atomic mass is 9.88. The molecule has 2 aliphatic carbocycles. The summed E-state index contributed by atoms with van der Waals surface area (Å²) in [6.07, 6.45) is 13.1. The van der Waals surface area contributed by atoms with Gasteiger partial charge in [-0.2, -0.15) is 4.98 Å². The van der Waals surface area contributed by atoms with Crippen molar-refractivity contribution in [3.63, 3.8) is 0 Å². The Kier molecular flexibility index (Phi) is 5.04. The molecular formula is C19H26N4O3. The van der Waals surface area contributed by atoms with E-state index < -0.39 is 0 Å². The van der Waals surface area contributed by atoms with Gasteiger partial charge < -0.3 is 13.8 Å². The van der Waals surface area contributed by atoms with Gasteiger partial charge in [-0.3, -0.25) is 4.79 Å². The topological polar surface area (TPSA) is 85.3 Å². The Labute approximate surface area is 153 Å². The monoisotopic (exact) mass is 358 g/mol. The van der Waals surface area contributed by atoms with Crippen LogP contribution in [0.15, 0.2) is 15.1 Å². The Bertz CT molecular complexity index is 724. The predicted octanol–water partition coefficient (Wildman–Crippen LogP) is 4.14. The molecule has 2 saturated carbocycles. The van der Waals surface area contributed by atoms with Crippen LogP contribution >= 0.6 is 0 Å². The van der Waals surface area contributed by atoms with Gasteiger partial charge in [0.2, 0.25) is 5.76 Å². The third-order valence-electron chi connectivity index (χ3n) is 5.62. The van der Waals surface area contributed by atoms with Gasteiger partial charge >= 0.3 is 0 Å². The largest absolute Gasteiger partial charge is 0.436 e. The summed E-state index contributed by atoms with van der Waals surface area (Å²) < 4.78 is 10.7. The quantitative estimate of drug-likeness (QED) is 0.816. The second kappa shape index (κ2) is 7.60. The minimum absolute atomic E-state index is 0.102. The molecule has 7 heteroatoms. The van der Waals surface area contributed by atoms with Gasteiger partial charge in [0.1, 0.15) is 0 Å². The molecule has 0 radical (unpaired) electrons. The van der Waals surface area contributed by atoms with Gasteiger partial charge in [0, 0.05) is 19.0 Å². The third kappa shape index (κ3) is 3.52. The maximum atomic E-state index is 13.3. The molecule has 7 nitrogen and oxygen atoms in total. The summed E-state index contributed by atoms with van der Waals surface area (Å²) in [5, 5.41) is 3.95. The zero-order chi connectivity index (χ0) is 17.9. The summed E-state index contributed by atoms with van der Waals surface area (Å²) in [4.78, 5) is 23.7. The molecule has 0 saturated heterocycles. The van der Waals surface area contributed by atoms with Gasteiger partial charge in [-0.15, -0.1) is 0 Å². The first-order valence-corrected chi connectivity index (χ1v) is 9.81. The number of amides is 1. The molecule has 2 aromatic rings. The average molecular weight is 358 g/mol. The van der Waals surface area contributed by atoms with Crippen LogP contribution in [0.5, 0.6) is 0 Å². The van der Waals surface area contributed by atoms with Crippen molar-refractivity contribution in [3.05, 3.63) is 17.9 Å². The molecule has 0 bridgehead atoms. The highest BCUT2D eigenvalue weighted by atomic mass is 16.5. The van der Waals surface area contributed by atoms with E-state index in [1.807, 2.05) is 0 Å². The maximum Gasteiger partial charge on any atom is 0.295 e. The van der Waals surface area contributed by atoms with E-state index >= 15 is 0 Å². The molecule has 2 fully saturated rings. The van der Waals surface area contributed by atoms with Crippen molar-refractivity contribution in [2.45, 2.75) is 83.2 Å². The van der Waals surface area contributed by atoms with Crippen LogP contribution < -0.4 is 0 Å². The first-order valence-electron chi connectivity index (χ1n) is 9.81. The summed E-state index contributed by atoms with van der Waals surface area (Å²) in [7, 11) is 0. The van der Waals surface area contributed by atoms with E-state index in [0.717, 1.165) is 25.7 Å². The highest BCUT2D eigenvalue weighted by Gasteiger charge is 2.35. The zero-order valence-corrected chi connectivity index (χ0v) is 15.3. The number of carbonyl (C=O) groups is 1. The normalized spacial score (nSPS) is 19.6. The van der Waals surface area contributed by atoms with Crippen LogP contribution in [0.4, 0.5) is 0 Å². The SMILES string of the molecule is Cc1ncc(-c2nc(C(=O)N(C3CCCCC3)C3CCCCC3)no2)o1. The van der Waals surface area contributed by atoms with E-state index in [9.17, 15) is 4.79 Å². The van der Waals surface area contributed by atoms with Crippen molar-refractivity contribution in [3.8, 4) is 11.7 Å². The van der Waals surface area contributed by atoms with Crippen LogP contribution in [0.25, 0.3) is 11.7 Å². The Morgan fingerprint density at radius 2 is 1.65 bits per heavy atom. The van der Waals surface area contributed by atoms with Crippen molar-refractivity contribution in [1.82, 2.24) is 20.0 Å². The predicted molar refractivity (Wildman–Crippen MR) is 94.4 cm³/mol. The number of aryl methyl sites for hydroxylation is 1. The molecule has 2 aliphatic rings. The van der Waals surface area contributed by atoms with E-state index in [0.29, 0.717) is 23.7 Å². The van der Waals surface area contributed by atoms with Gasteiger partial charge in [0.25, 0.3) is 17.6 Å². The fourth-order valence-corrected chi connectivity index (χ4v) is 4.33. The molecule has 140 valence electrons. The molecule has 2 aromatic heterocycles. The second-order valence-corrected chi connectivity index (χ2v) is 7.46. The highest BCUT2D eigenvalue weighted by molar-refractivity contribution is 5.91. The minimum atomic E-state index is -0.102. The van der Waals surface area contributed by atoms with Crippen molar-refractivity contribution in [1.29, 1.82) is 0 Å². The van der Waals surface area contributed by atoms with E-state index in [4.69, 9.17) is 8.94 Å². The molecular weight excluding hydrogens is 332 g/mol. The van der Waals surface area contributed by atoms with Gasteiger partial charge in [0.05, 0.1) is 6.20 Å². The molecule has 0 aromatic carbocycles. The molecule has 26 heavy (non-hydrogen) atoms. The molecule has 2 heterocycles. The lowest BCUT2D eigenvalue weighted by Crippen LogP contribution is -2.49. The van der Waals surface area contributed by atoms with Crippen molar-refractivity contribution < 1.29 is 13.7 Å². The van der Waals surface area contributed by atoms with Crippen LogP contribution in [0, 0.1) is 6.92 Å². The number of carbonyl (C=O) groups excluding carboxylic acids is 1. The van der Waals surface area contributed by atoms with Gasteiger partial charge in [0.15, 0.2) is 5.89 Å². The molecule has 0 atom stereocenters. The number of rotatable bonds is 4. The van der Waals surface area contributed by atoms with Crippen LogP contribution in [-0.4, -0.2) is 38.0 Å². The first-order chi connectivity index (χ1) is 12.7. The summed E-state index contributed by atoms with van der Waals surface area (Å²) in [5.74, 6) is 1.16.